The minimum atomic E-state index is -2.92. The molecule has 0 heterocycles. The predicted molar refractivity (Wildman–Crippen MR) is 112 cm³/mol. The molecule has 2 saturated carbocycles. The Balaban J connectivity index is 1.43. The highest BCUT2D eigenvalue weighted by Gasteiger charge is 2.30. The molecule has 0 aromatic heterocycles. The molecule has 29 heavy (non-hydrogen) atoms. The van der Waals surface area contributed by atoms with Crippen LogP contribution in [0.4, 0.5) is 13.2 Å². The molecule has 0 N–H and O–H groups in total. The van der Waals surface area contributed by atoms with Gasteiger partial charge in [0.1, 0.15) is 11.6 Å². The van der Waals surface area contributed by atoms with Crippen LogP contribution in [0.5, 0.6) is 5.75 Å². The van der Waals surface area contributed by atoms with Gasteiger partial charge in [0.15, 0.2) is 0 Å². The molecular formula is C25H37F3O. The van der Waals surface area contributed by atoms with Gasteiger partial charge in [-0.05, 0) is 48.6 Å². The van der Waals surface area contributed by atoms with Crippen LogP contribution < -0.4 is 4.74 Å². The third-order valence-electron chi connectivity index (χ3n) is 7.24. The Morgan fingerprint density at radius 1 is 0.828 bits per heavy atom. The smallest absolute Gasteiger partial charge is 0.387 e. The van der Waals surface area contributed by atoms with E-state index in [1.165, 1.54) is 83.1 Å². The van der Waals surface area contributed by atoms with E-state index in [1.54, 1.807) is 6.07 Å². The predicted octanol–water partition coefficient (Wildman–Crippen LogP) is 8.31. The average molecular weight is 411 g/mol. The SMILES string of the molecule is Fc1cc(OC(F)F)ccc1CCCCCC(C1CCCCC1)C1CCCCC1. The van der Waals surface area contributed by atoms with E-state index in [-0.39, 0.29) is 5.75 Å². The fourth-order valence-corrected chi connectivity index (χ4v) is 5.76. The van der Waals surface area contributed by atoms with Gasteiger partial charge >= 0.3 is 6.61 Å². The standard InChI is InChI=1S/C25H37F3O/c26-24-18-22(29-25(27)28)17-16-21(24)14-8-3-9-15-23(19-10-4-1-5-11-19)20-12-6-2-7-13-20/h16-20,23,25H,1-15H2. The minimum absolute atomic E-state index is 0.107. The normalized spacial score (nSPS) is 19.2. The van der Waals surface area contributed by atoms with E-state index < -0.39 is 12.4 Å². The fraction of sp³-hybridized carbons (Fsp3) is 0.760. The molecule has 1 aromatic carbocycles. The number of rotatable bonds is 10. The number of aryl methyl sites for hydroxylation is 1. The monoisotopic (exact) mass is 410 g/mol. The largest absolute Gasteiger partial charge is 0.435 e. The first kappa shape index (κ1) is 22.5. The second-order valence-electron chi connectivity index (χ2n) is 9.19. The van der Waals surface area contributed by atoms with Crippen LogP contribution in [0, 0.1) is 23.6 Å². The molecule has 0 bridgehead atoms. The lowest BCUT2D eigenvalue weighted by molar-refractivity contribution is -0.0500. The van der Waals surface area contributed by atoms with Crippen molar-refractivity contribution in [3.8, 4) is 5.75 Å². The summed E-state index contributed by atoms with van der Waals surface area (Å²) in [5, 5.41) is 0. The third kappa shape index (κ3) is 7.22. The van der Waals surface area contributed by atoms with Crippen molar-refractivity contribution in [1.82, 2.24) is 0 Å². The van der Waals surface area contributed by atoms with E-state index in [0.717, 1.165) is 36.7 Å². The number of hydrogen-bond donors (Lipinski definition) is 0. The maximum atomic E-state index is 14.1. The Morgan fingerprint density at radius 3 is 2.00 bits per heavy atom. The summed E-state index contributed by atoms with van der Waals surface area (Å²) in [4.78, 5) is 0. The Hall–Kier alpha value is -1.19. The molecule has 1 aromatic rings. The Labute approximate surface area is 174 Å². The first-order valence-corrected chi connectivity index (χ1v) is 11.9. The molecule has 0 amide bonds. The molecule has 0 unspecified atom stereocenters. The van der Waals surface area contributed by atoms with Crippen molar-refractivity contribution in [2.45, 2.75) is 103 Å². The van der Waals surface area contributed by atoms with Crippen LogP contribution in [0.15, 0.2) is 18.2 Å². The van der Waals surface area contributed by atoms with Crippen molar-refractivity contribution in [3.05, 3.63) is 29.6 Å². The summed E-state index contributed by atoms with van der Waals surface area (Å²) >= 11 is 0. The van der Waals surface area contributed by atoms with Gasteiger partial charge in [-0.3, -0.25) is 0 Å². The highest BCUT2D eigenvalue weighted by molar-refractivity contribution is 5.29. The van der Waals surface area contributed by atoms with Crippen molar-refractivity contribution in [1.29, 1.82) is 0 Å². The van der Waals surface area contributed by atoms with Crippen LogP contribution >= 0.6 is 0 Å². The summed E-state index contributed by atoms with van der Waals surface area (Å²) in [7, 11) is 0. The second kappa shape index (κ2) is 11.9. The van der Waals surface area contributed by atoms with E-state index in [4.69, 9.17) is 0 Å². The van der Waals surface area contributed by atoms with Crippen LogP contribution in [0.1, 0.15) is 95.5 Å². The van der Waals surface area contributed by atoms with Crippen LogP contribution in [0.3, 0.4) is 0 Å². The van der Waals surface area contributed by atoms with Gasteiger partial charge in [-0.25, -0.2) is 4.39 Å². The molecule has 1 nitrogen and oxygen atoms in total. The summed E-state index contributed by atoms with van der Waals surface area (Å²) in [5.74, 6) is 2.23. The van der Waals surface area contributed by atoms with Crippen LogP contribution in [0.25, 0.3) is 0 Å². The lowest BCUT2D eigenvalue weighted by Crippen LogP contribution is -2.27. The van der Waals surface area contributed by atoms with Gasteiger partial charge in [0, 0.05) is 6.07 Å². The molecule has 3 rings (SSSR count). The van der Waals surface area contributed by atoms with Gasteiger partial charge in [-0.1, -0.05) is 83.1 Å². The molecule has 0 radical (unpaired) electrons. The maximum absolute atomic E-state index is 14.1. The molecule has 164 valence electrons. The molecule has 0 saturated heterocycles. The Morgan fingerprint density at radius 2 is 1.45 bits per heavy atom. The van der Waals surface area contributed by atoms with Gasteiger partial charge in [-0.15, -0.1) is 0 Å². The molecular weight excluding hydrogens is 373 g/mol. The summed E-state index contributed by atoms with van der Waals surface area (Å²) in [6.45, 7) is -2.92. The molecule has 2 fully saturated rings. The summed E-state index contributed by atoms with van der Waals surface area (Å²) < 4.78 is 42.8. The highest BCUT2D eigenvalue weighted by Crippen LogP contribution is 2.42. The van der Waals surface area contributed by atoms with Crippen molar-refractivity contribution >= 4 is 0 Å². The van der Waals surface area contributed by atoms with Crippen LogP contribution in [-0.2, 0) is 6.42 Å². The van der Waals surface area contributed by atoms with Gasteiger partial charge in [0.05, 0.1) is 0 Å². The van der Waals surface area contributed by atoms with E-state index in [9.17, 15) is 13.2 Å². The number of benzene rings is 1. The lowest BCUT2D eigenvalue weighted by atomic mass is 9.68. The van der Waals surface area contributed by atoms with Crippen molar-refractivity contribution in [2.24, 2.45) is 17.8 Å². The third-order valence-corrected chi connectivity index (χ3v) is 7.24. The highest BCUT2D eigenvalue weighted by atomic mass is 19.3. The maximum Gasteiger partial charge on any atom is 0.387 e. The van der Waals surface area contributed by atoms with E-state index in [0.29, 0.717) is 12.0 Å². The number of unbranched alkanes of at least 4 members (excludes halogenated alkanes) is 2. The zero-order valence-electron chi connectivity index (χ0n) is 17.7. The van der Waals surface area contributed by atoms with Crippen molar-refractivity contribution in [3.63, 3.8) is 0 Å². The van der Waals surface area contributed by atoms with Gasteiger partial charge in [0.2, 0.25) is 0 Å². The van der Waals surface area contributed by atoms with Gasteiger partial charge in [0.25, 0.3) is 0 Å². The van der Waals surface area contributed by atoms with Crippen LogP contribution in [-0.4, -0.2) is 6.61 Å². The number of ether oxygens (including phenoxy) is 1. The Kier molecular flexibility index (Phi) is 9.20. The van der Waals surface area contributed by atoms with E-state index >= 15 is 0 Å². The van der Waals surface area contributed by atoms with Gasteiger partial charge < -0.3 is 4.74 Å². The molecule has 2 aliphatic carbocycles. The average Bonchev–Trinajstić information content (AvgIpc) is 2.73. The minimum Gasteiger partial charge on any atom is -0.435 e. The molecule has 2 aliphatic rings. The van der Waals surface area contributed by atoms with E-state index in [1.807, 2.05) is 0 Å². The topological polar surface area (TPSA) is 9.23 Å². The summed E-state index contributed by atoms with van der Waals surface area (Å²) in [6.07, 6.45) is 19.5. The first-order chi connectivity index (χ1) is 14.1. The quantitative estimate of drug-likeness (QED) is 0.352. The number of halogens is 3. The lowest BCUT2D eigenvalue weighted by Gasteiger charge is -2.38. The summed E-state index contributed by atoms with van der Waals surface area (Å²) in [6, 6.07) is 4.09. The summed E-state index contributed by atoms with van der Waals surface area (Å²) in [5.41, 5.74) is 0.600. The van der Waals surface area contributed by atoms with E-state index in [2.05, 4.69) is 4.74 Å². The van der Waals surface area contributed by atoms with Gasteiger partial charge in [-0.2, -0.15) is 8.78 Å². The van der Waals surface area contributed by atoms with Crippen molar-refractivity contribution < 1.29 is 17.9 Å². The fourth-order valence-electron chi connectivity index (χ4n) is 5.76. The van der Waals surface area contributed by atoms with Crippen molar-refractivity contribution in [2.75, 3.05) is 0 Å². The second-order valence-corrected chi connectivity index (χ2v) is 9.19. The Bertz CT molecular complexity index is 574. The molecule has 0 spiro atoms. The number of hydrogen-bond acceptors (Lipinski definition) is 1. The molecule has 0 aliphatic heterocycles. The van der Waals surface area contributed by atoms with Crippen LogP contribution in [0.2, 0.25) is 0 Å². The zero-order valence-corrected chi connectivity index (χ0v) is 17.7. The molecule has 4 heteroatoms. The molecule has 0 atom stereocenters. The number of alkyl halides is 2. The first-order valence-electron chi connectivity index (χ1n) is 11.9. The zero-order chi connectivity index (χ0) is 20.5.